The van der Waals surface area contributed by atoms with E-state index in [1.165, 1.54) is 38.5 Å². The van der Waals surface area contributed by atoms with Gasteiger partial charge in [0.05, 0.1) is 0 Å². The molecule has 0 bridgehead atoms. The maximum absolute atomic E-state index is 5.61. The summed E-state index contributed by atoms with van der Waals surface area (Å²) in [7, 11) is 0. The molecular weight excluding hydrogens is 228 g/mol. The predicted octanol–water partition coefficient (Wildman–Crippen LogP) is 5.71. The van der Waals surface area contributed by atoms with Crippen LogP contribution in [0.2, 0.25) is 0 Å². The van der Waals surface area contributed by atoms with E-state index in [9.17, 15) is 0 Å². The molecule has 0 aliphatic heterocycles. The maximum Gasteiger partial charge on any atom is 0.0223 e. The fourth-order valence-corrected chi connectivity index (χ4v) is 1.74. The van der Waals surface area contributed by atoms with Crippen LogP contribution in [-0.2, 0) is 0 Å². The minimum atomic E-state index is 0.802. The van der Waals surface area contributed by atoms with Crippen LogP contribution in [0, 0.1) is 11.8 Å². The van der Waals surface area contributed by atoms with Gasteiger partial charge in [-0.1, -0.05) is 44.8 Å². The third-order valence-electron chi connectivity index (χ3n) is 2.64. The lowest BCUT2D eigenvalue weighted by Gasteiger charge is -1.93. The molecule has 0 radical (unpaired) electrons. The summed E-state index contributed by atoms with van der Waals surface area (Å²) in [4.78, 5) is 0. The van der Waals surface area contributed by atoms with Gasteiger partial charge < -0.3 is 0 Å². The van der Waals surface area contributed by atoms with Crippen LogP contribution in [0.5, 0.6) is 0 Å². The van der Waals surface area contributed by atoms with Gasteiger partial charge in [0.25, 0.3) is 0 Å². The van der Waals surface area contributed by atoms with E-state index in [-0.39, 0.29) is 0 Å². The smallest absolute Gasteiger partial charge is 0.0223 e. The van der Waals surface area contributed by atoms with Gasteiger partial charge >= 0.3 is 0 Å². The zero-order valence-electron chi connectivity index (χ0n) is 11.3. The van der Waals surface area contributed by atoms with Gasteiger partial charge in [0, 0.05) is 18.7 Å². The van der Waals surface area contributed by atoms with Crippen molar-refractivity contribution in [3.05, 3.63) is 12.2 Å². The van der Waals surface area contributed by atoms with Crippen molar-refractivity contribution in [1.82, 2.24) is 0 Å². The molecule has 0 fully saturated rings. The van der Waals surface area contributed by atoms with Crippen molar-refractivity contribution in [3.8, 4) is 11.8 Å². The van der Waals surface area contributed by atoms with Crippen LogP contribution in [0.3, 0.4) is 0 Å². The van der Waals surface area contributed by atoms with Gasteiger partial charge in [0.15, 0.2) is 0 Å². The van der Waals surface area contributed by atoms with Gasteiger partial charge in [0.2, 0.25) is 0 Å². The lowest BCUT2D eigenvalue weighted by atomic mass is 10.1. The summed E-state index contributed by atoms with van der Waals surface area (Å²) in [5, 5.41) is 0. The van der Waals surface area contributed by atoms with Gasteiger partial charge in [-0.3, -0.25) is 0 Å². The number of hydrogen-bond acceptors (Lipinski definition) is 0. The lowest BCUT2D eigenvalue weighted by Crippen LogP contribution is -1.78. The Morgan fingerprint density at radius 2 is 1.53 bits per heavy atom. The molecule has 0 spiro atoms. The molecule has 0 aromatic carbocycles. The first-order chi connectivity index (χ1) is 8.41. The summed E-state index contributed by atoms with van der Waals surface area (Å²) >= 11 is 5.61. The molecule has 17 heavy (non-hydrogen) atoms. The summed E-state index contributed by atoms with van der Waals surface area (Å²) in [6.07, 6.45) is 16.5. The van der Waals surface area contributed by atoms with Crippen LogP contribution in [0.25, 0.3) is 0 Å². The number of halogens is 1. The first-order valence-electron chi connectivity index (χ1n) is 7.08. The maximum atomic E-state index is 5.61. The normalized spacial score (nSPS) is 10.5. The van der Waals surface area contributed by atoms with Crippen LogP contribution in [0.15, 0.2) is 12.2 Å². The average Bonchev–Trinajstić information content (AvgIpc) is 2.35. The lowest BCUT2D eigenvalue weighted by molar-refractivity contribution is 0.682. The minimum Gasteiger partial charge on any atom is -0.127 e. The molecule has 0 rings (SSSR count). The summed E-state index contributed by atoms with van der Waals surface area (Å²) in [5.74, 6) is 7.29. The predicted molar refractivity (Wildman–Crippen MR) is 79.5 cm³/mol. The molecule has 0 saturated heterocycles. The SMILES string of the molecule is CCCC/C=C/CCC#CCCCCCCCl. The van der Waals surface area contributed by atoms with Crippen molar-refractivity contribution in [2.24, 2.45) is 0 Å². The fraction of sp³-hybridized carbons (Fsp3) is 0.750. The van der Waals surface area contributed by atoms with Gasteiger partial charge in [-0.25, -0.2) is 0 Å². The van der Waals surface area contributed by atoms with Crippen LogP contribution in [0.4, 0.5) is 0 Å². The fourth-order valence-electron chi connectivity index (χ4n) is 1.55. The number of rotatable bonds is 10. The van der Waals surface area contributed by atoms with Gasteiger partial charge in [-0.05, 0) is 25.7 Å². The minimum absolute atomic E-state index is 0.802. The molecule has 0 heterocycles. The number of alkyl halides is 1. The summed E-state index contributed by atoms with van der Waals surface area (Å²) in [6.45, 7) is 2.23. The molecule has 0 atom stereocenters. The second kappa shape index (κ2) is 15.6. The van der Waals surface area contributed by atoms with E-state index in [0.717, 1.165) is 31.6 Å². The Morgan fingerprint density at radius 1 is 0.824 bits per heavy atom. The molecule has 0 aromatic heterocycles. The van der Waals surface area contributed by atoms with E-state index in [2.05, 4.69) is 30.9 Å². The highest BCUT2D eigenvalue weighted by molar-refractivity contribution is 6.17. The van der Waals surface area contributed by atoms with E-state index in [4.69, 9.17) is 11.6 Å². The third kappa shape index (κ3) is 15.6. The van der Waals surface area contributed by atoms with Crippen LogP contribution in [0.1, 0.15) is 71.1 Å². The van der Waals surface area contributed by atoms with Gasteiger partial charge in [-0.15, -0.1) is 23.4 Å². The first-order valence-corrected chi connectivity index (χ1v) is 7.62. The summed E-state index contributed by atoms with van der Waals surface area (Å²) < 4.78 is 0. The molecule has 0 N–H and O–H groups in total. The van der Waals surface area contributed by atoms with Gasteiger partial charge in [-0.2, -0.15) is 0 Å². The monoisotopic (exact) mass is 254 g/mol. The van der Waals surface area contributed by atoms with Crippen molar-refractivity contribution in [2.75, 3.05) is 5.88 Å². The standard InChI is InChI=1S/C16H27Cl/c1-2-3-4-5-6-7-8-9-10-11-12-13-14-15-16-17/h5-6H,2-4,7-8,11-16H2,1H3/b6-5+. The van der Waals surface area contributed by atoms with Crippen molar-refractivity contribution in [1.29, 1.82) is 0 Å². The van der Waals surface area contributed by atoms with Crippen molar-refractivity contribution < 1.29 is 0 Å². The first kappa shape index (κ1) is 16.6. The van der Waals surface area contributed by atoms with E-state index in [1.807, 2.05) is 0 Å². The highest BCUT2D eigenvalue weighted by Crippen LogP contribution is 2.03. The second-order valence-electron chi connectivity index (χ2n) is 4.36. The van der Waals surface area contributed by atoms with Crippen molar-refractivity contribution in [2.45, 2.75) is 71.1 Å². The molecule has 0 saturated carbocycles. The number of unbranched alkanes of at least 4 members (excludes halogenated alkanes) is 7. The molecule has 0 aliphatic carbocycles. The molecule has 0 nitrogen and oxygen atoms in total. The zero-order valence-corrected chi connectivity index (χ0v) is 12.1. The highest BCUT2D eigenvalue weighted by Gasteiger charge is 1.86. The summed E-state index contributed by atoms with van der Waals surface area (Å²) in [5.41, 5.74) is 0. The Balaban J connectivity index is 3.17. The van der Waals surface area contributed by atoms with Crippen molar-refractivity contribution in [3.63, 3.8) is 0 Å². The molecule has 1 heteroatoms. The Hall–Kier alpha value is -0.410. The number of hydrogen-bond donors (Lipinski definition) is 0. The van der Waals surface area contributed by atoms with Gasteiger partial charge in [0.1, 0.15) is 0 Å². The van der Waals surface area contributed by atoms with E-state index < -0.39 is 0 Å². The van der Waals surface area contributed by atoms with E-state index in [0.29, 0.717) is 0 Å². The largest absolute Gasteiger partial charge is 0.127 e. The van der Waals surface area contributed by atoms with Crippen LogP contribution < -0.4 is 0 Å². The number of allylic oxidation sites excluding steroid dienone is 2. The van der Waals surface area contributed by atoms with Crippen LogP contribution >= 0.6 is 11.6 Å². The Morgan fingerprint density at radius 3 is 2.29 bits per heavy atom. The Labute approximate surface area is 113 Å². The molecule has 0 amide bonds. The molecule has 0 unspecified atom stereocenters. The van der Waals surface area contributed by atoms with E-state index in [1.54, 1.807) is 0 Å². The highest BCUT2D eigenvalue weighted by atomic mass is 35.5. The third-order valence-corrected chi connectivity index (χ3v) is 2.90. The van der Waals surface area contributed by atoms with Crippen LogP contribution in [-0.4, -0.2) is 5.88 Å². The molecule has 0 aromatic rings. The van der Waals surface area contributed by atoms with E-state index >= 15 is 0 Å². The summed E-state index contributed by atoms with van der Waals surface area (Å²) in [6, 6.07) is 0. The Kier molecular flexibility index (Phi) is 15.2. The molecular formula is C16H27Cl. The Bertz CT molecular complexity index is 219. The zero-order chi connectivity index (χ0) is 12.6. The average molecular weight is 255 g/mol. The topological polar surface area (TPSA) is 0 Å². The quantitative estimate of drug-likeness (QED) is 0.203. The molecule has 0 aliphatic rings. The second-order valence-corrected chi connectivity index (χ2v) is 4.74. The van der Waals surface area contributed by atoms with Crippen molar-refractivity contribution >= 4 is 11.6 Å². The molecule has 98 valence electrons.